The quantitative estimate of drug-likeness (QED) is 0.692. The van der Waals surface area contributed by atoms with Gasteiger partial charge in [-0.25, -0.2) is 9.97 Å². The molecule has 17 heavy (non-hydrogen) atoms. The number of benzene rings is 1. The lowest BCUT2D eigenvalue weighted by atomic mass is 10.1. The molecule has 5 heteroatoms. The predicted octanol–water partition coefficient (Wildman–Crippen LogP) is 2.02. The first-order chi connectivity index (χ1) is 8.24. The Labute approximate surface area is 104 Å². The van der Waals surface area contributed by atoms with Crippen molar-refractivity contribution in [1.82, 2.24) is 9.97 Å². The van der Waals surface area contributed by atoms with E-state index in [1.807, 2.05) is 24.3 Å². The third kappa shape index (κ3) is 1.74. The van der Waals surface area contributed by atoms with E-state index >= 15 is 0 Å². The number of hydrogen-bond acceptors (Lipinski definition) is 4. The second-order valence-electron chi connectivity index (χ2n) is 3.87. The summed E-state index contributed by atoms with van der Waals surface area (Å²) < 4.78 is 0. The molecule has 1 aromatic heterocycles. The van der Waals surface area contributed by atoms with Crippen molar-refractivity contribution >= 4 is 28.8 Å². The first-order valence-corrected chi connectivity index (χ1v) is 5.65. The van der Waals surface area contributed by atoms with Gasteiger partial charge in [-0.1, -0.05) is 30.4 Å². The van der Waals surface area contributed by atoms with E-state index in [-0.39, 0.29) is 5.95 Å². The molecule has 0 unspecified atom stereocenters. The molecule has 0 amide bonds. The van der Waals surface area contributed by atoms with Crippen LogP contribution in [0.1, 0.15) is 5.56 Å². The molecule has 0 saturated heterocycles. The maximum Gasteiger partial charge on any atom is 0.220 e. The Morgan fingerprint density at radius 3 is 3.00 bits per heavy atom. The van der Waals surface area contributed by atoms with Crippen LogP contribution in [0.4, 0.5) is 11.6 Å². The highest BCUT2D eigenvalue weighted by Crippen LogP contribution is 2.32. The first-order valence-electron chi connectivity index (χ1n) is 5.24. The molecule has 1 aromatic carbocycles. The standard InChI is InChI=1S/C12H10N4S/c13-12-14-6-7-5-10(17)15-9-4-2-1-3-8(9)11(7)16-12/h1-4,6H,5H2,(H,15,17)(H2,13,14,16). The lowest BCUT2D eigenvalue weighted by Crippen LogP contribution is -2.10. The van der Waals surface area contributed by atoms with Crippen LogP contribution in [0.25, 0.3) is 11.3 Å². The van der Waals surface area contributed by atoms with Gasteiger partial charge < -0.3 is 11.1 Å². The molecule has 1 aliphatic heterocycles. The smallest absolute Gasteiger partial charge is 0.220 e. The summed E-state index contributed by atoms with van der Waals surface area (Å²) >= 11 is 5.28. The molecule has 2 heterocycles. The predicted molar refractivity (Wildman–Crippen MR) is 71.8 cm³/mol. The van der Waals surface area contributed by atoms with Crippen molar-refractivity contribution in [2.45, 2.75) is 6.42 Å². The van der Waals surface area contributed by atoms with Gasteiger partial charge in [-0.3, -0.25) is 0 Å². The molecule has 84 valence electrons. The van der Waals surface area contributed by atoms with E-state index in [0.717, 1.165) is 27.5 Å². The minimum absolute atomic E-state index is 0.284. The van der Waals surface area contributed by atoms with E-state index in [2.05, 4.69) is 15.3 Å². The summed E-state index contributed by atoms with van der Waals surface area (Å²) in [5, 5.41) is 3.21. The Balaban J connectivity index is 2.31. The van der Waals surface area contributed by atoms with Gasteiger partial charge in [0, 0.05) is 29.4 Å². The topological polar surface area (TPSA) is 63.8 Å². The molecule has 0 radical (unpaired) electrons. The number of nitrogen functional groups attached to an aromatic ring is 1. The van der Waals surface area contributed by atoms with Crippen molar-refractivity contribution in [1.29, 1.82) is 0 Å². The van der Waals surface area contributed by atoms with Crippen LogP contribution in [0, 0.1) is 0 Å². The van der Waals surface area contributed by atoms with Crippen molar-refractivity contribution in [2.75, 3.05) is 11.1 Å². The molecular formula is C12H10N4S. The highest BCUT2D eigenvalue weighted by molar-refractivity contribution is 7.80. The van der Waals surface area contributed by atoms with Crippen molar-refractivity contribution in [2.24, 2.45) is 0 Å². The molecule has 3 rings (SSSR count). The van der Waals surface area contributed by atoms with Crippen molar-refractivity contribution in [3.63, 3.8) is 0 Å². The van der Waals surface area contributed by atoms with Gasteiger partial charge in [-0.05, 0) is 6.07 Å². The summed E-state index contributed by atoms with van der Waals surface area (Å²) in [5.74, 6) is 0.284. The van der Waals surface area contributed by atoms with Gasteiger partial charge in [-0.2, -0.15) is 0 Å². The fourth-order valence-corrected chi connectivity index (χ4v) is 2.21. The highest BCUT2D eigenvalue weighted by Gasteiger charge is 2.18. The molecule has 0 atom stereocenters. The summed E-state index contributed by atoms with van der Waals surface area (Å²) in [4.78, 5) is 9.11. The Hall–Kier alpha value is -2.01. The molecule has 4 nitrogen and oxygen atoms in total. The zero-order chi connectivity index (χ0) is 11.8. The number of nitrogens with one attached hydrogen (secondary N) is 1. The average Bonchev–Trinajstić information content (AvgIpc) is 2.45. The lowest BCUT2D eigenvalue weighted by Gasteiger charge is -2.07. The third-order valence-electron chi connectivity index (χ3n) is 2.69. The van der Waals surface area contributed by atoms with Gasteiger partial charge in [0.15, 0.2) is 0 Å². The van der Waals surface area contributed by atoms with Gasteiger partial charge in [-0.15, -0.1) is 0 Å². The minimum atomic E-state index is 0.284. The number of aromatic nitrogens is 2. The second kappa shape index (κ2) is 3.78. The number of nitrogens with zero attached hydrogens (tertiary/aromatic N) is 2. The fourth-order valence-electron chi connectivity index (χ4n) is 1.95. The van der Waals surface area contributed by atoms with E-state index in [0.29, 0.717) is 6.42 Å². The number of rotatable bonds is 0. The van der Waals surface area contributed by atoms with Crippen LogP contribution in [0.3, 0.4) is 0 Å². The lowest BCUT2D eigenvalue weighted by molar-refractivity contribution is 1.14. The summed E-state index contributed by atoms with van der Waals surface area (Å²) in [7, 11) is 0. The number of anilines is 2. The first kappa shape index (κ1) is 10.2. The van der Waals surface area contributed by atoms with Gasteiger partial charge in [0.05, 0.1) is 10.7 Å². The second-order valence-corrected chi connectivity index (χ2v) is 4.37. The van der Waals surface area contributed by atoms with Crippen molar-refractivity contribution < 1.29 is 0 Å². The van der Waals surface area contributed by atoms with Crippen LogP contribution in [0.2, 0.25) is 0 Å². The molecule has 0 fully saturated rings. The number of hydrogen-bond donors (Lipinski definition) is 2. The van der Waals surface area contributed by atoms with Gasteiger partial charge in [0.25, 0.3) is 0 Å². The number of fused-ring (bicyclic) bond motifs is 3. The SMILES string of the molecule is Nc1ncc2c(n1)-c1ccccc1NC(=S)C2. The van der Waals surface area contributed by atoms with Crippen LogP contribution in [-0.2, 0) is 6.42 Å². The van der Waals surface area contributed by atoms with E-state index in [4.69, 9.17) is 18.0 Å². The Morgan fingerprint density at radius 1 is 1.29 bits per heavy atom. The molecular weight excluding hydrogens is 232 g/mol. The highest BCUT2D eigenvalue weighted by atomic mass is 32.1. The number of nitrogens with two attached hydrogens (primary N) is 1. The minimum Gasteiger partial charge on any atom is -0.368 e. The Morgan fingerprint density at radius 2 is 2.12 bits per heavy atom. The fraction of sp³-hybridized carbons (Fsp3) is 0.0833. The Bertz CT molecular complexity index is 609. The van der Waals surface area contributed by atoms with Crippen molar-refractivity contribution in [3.05, 3.63) is 36.0 Å². The number of para-hydroxylation sites is 1. The maximum atomic E-state index is 5.65. The van der Waals surface area contributed by atoms with Crippen LogP contribution >= 0.6 is 12.2 Å². The molecule has 3 N–H and O–H groups in total. The monoisotopic (exact) mass is 242 g/mol. The molecule has 1 aliphatic rings. The van der Waals surface area contributed by atoms with Crippen molar-refractivity contribution in [3.8, 4) is 11.3 Å². The molecule has 0 spiro atoms. The van der Waals surface area contributed by atoms with Crippen LogP contribution in [0.5, 0.6) is 0 Å². The van der Waals surface area contributed by atoms with Crippen LogP contribution in [0.15, 0.2) is 30.5 Å². The molecule has 0 bridgehead atoms. The van der Waals surface area contributed by atoms with E-state index < -0.39 is 0 Å². The maximum absolute atomic E-state index is 5.65. The van der Waals surface area contributed by atoms with E-state index in [9.17, 15) is 0 Å². The Kier molecular flexibility index (Phi) is 2.26. The molecule has 2 aromatic rings. The summed E-state index contributed by atoms with van der Waals surface area (Å²) in [5.41, 5.74) is 9.49. The summed E-state index contributed by atoms with van der Waals surface area (Å²) in [6.45, 7) is 0. The zero-order valence-electron chi connectivity index (χ0n) is 8.97. The summed E-state index contributed by atoms with van der Waals surface area (Å²) in [6.07, 6.45) is 2.38. The largest absolute Gasteiger partial charge is 0.368 e. The molecule has 0 saturated carbocycles. The van der Waals surface area contributed by atoms with Gasteiger partial charge in [0.2, 0.25) is 5.95 Å². The summed E-state index contributed by atoms with van der Waals surface area (Å²) in [6, 6.07) is 7.91. The number of thiocarbonyl (C=S) groups is 1. The molecule has 0 aliphatic carbocycles. The third-order valence-corrected chi connectivity index (χ3v) is 2.94. The van der Waals surface area contributed by atoms with Crippen LogP contribution in [-0.4, -0.2) is 15.0 Å². The average molecular weight is 242 g/mol. The van der Waals surface area contributed by atoms with E-state index in [1.165, 1.54) is 0 Å². The van der Waals surface area contributed by atoms with E-state index in [1.54, 1.807) is 6.20 Å². The van der Waals surface area contributed by atoms with Gasteiger partial charge in [0.1, 0.15) is 0 Å². The van der Waals surface area contributed by atoms with Gasteiger partial charge >= 0.3 is 0 Å². The zero-order valence-corrected chi connectivity index (χ0v) is 9.79. The van der Waals surface area contributed by atoms with Crippen LogP contribution < -0.4 is 11.1 Å². The normalized spacial score (nSPS) is 13.3.